The van der Waals surface area contributed by atoms with E-state index < -0.39 is 10.0 Å². The largest absolute Gasteiger partial charge is 0.280 e. The average Bonchev–Trinajstić information content (AvgIpc) is 2.86. The van der Waals surface area contributed by atoms with Crippen molar-refractivity contribution in [3.8, 4) is 6.07 Å². The zero-order chi connectivity index (χ0) is 16.6. The molecule has 0 saturated heterocycles. The van der Waals surface area contributed by atoms with E-state index in [0.717, 1.165) is 15.2 Å². The SMILES string of the molecule is Cc1nc2ccc(NS(=O)(=O)c3ccc(C#N)c(Cl)c3)cc2s1. The maximum Gasteiger partial charge on any atom is 0.261 e. The minimum absolute atomic E-state index is 0.00193. The van der Waals surface area contributed by atoms with Crippen molar-refractivity contribution in [1.82, 2.24) is 4.98 Å². The number of rotatable bonds is 3. The second kappa shape index (κ2) is 5.81. The van der Waals surface area contributed by atoms with E-state index in [1.54, 1.807) is 18.2 Å². The van der Waals surface area contributed by atoms with Crippen molar-refractivity contribution in [2.75, 3.05) is 4.72 Å². The summed E-state index contributed by atoms with van der Waals surface area (Å²) in [5, 5.41) is 9.86. The summed E-state index contributed by atoms with van der Waals surface area (Å²) in [6.45, 7) is 1.90. The van der Waals surface area contributed by atoms with Gasteiger partial charge in [-0.2, -0.15) is 5.26 Å². The lowest BCUT2D eigenvalue weighted by atomic mass is 10.2. The number of nitriles is 1. The van der Waals surface area contributed by atoms with Crippen LogP contribution in [-0.2, 0) is 10.0 Å². The van der Waals surface area contributed by atoms with Gasteiger partial charge in [0.1, 0.15) is 6.07 Å². The standard InChI is InChI=1S/C15H10ClN3O2S2/c1-9-18-14-5-3-11(6-15(14)22-9)19-23(20,21)12-4-2-10(8-17)13(16)7-12/h2-7,19H,1H3. The molecule has 0 saturated carbocycles. The van der Waals surface area contributed by atoms with Crippen molar-refractivity contribution in [3.63, 3.8) is 0 Å². The van der Waals surface area contributed by atoms with E-state index in [2.05, 4.69) is 9.71 Å². The lowest BCUT2D eigenvalue weighted by Gasteiger charge is -2.08. The van der Waals surface area contributed by atoms with Gasteiger partial charge in [-0.3, -0.25) is 4.72 Å². The predicted molar refractivity (Wildman–Crippen MR) is 91.3 cm³/mol. The summed E-state index contributed by atoms with van der Waals surface area (Å²) >= 11 is 7.39. The Balaban J connectivity index is 1.96. The smallest absolute Gasteiger partial charge is 0.261 e. The van der Waals surface area contributed by atoms with Gasteiger partial charge in [0.25, 0.3) is 10.0 Å². The maximum atomic E-state index is 12.4. The van der Waals surface area contributed by atoms with Crippen LogP contribution in [0, 0.1) is 18.3 Å². The summed E-state index contributed by atoms with van der Waals surface area (Å²) in [5.41, 5.74) is 1.51. The zero-order valence-electron chi connectivity index (χ0n) is 11.9. The van der Waals surface area contributed by atoms with Gasteiger partial charge >= 0.3 is 0 Å². The molecule has 0 spiro atoms. The van der Waals surface area contributed by atoms with Crippen LogP contribution in [0.15, 0.2) is 41.3 Å². The van der Waals surface area contributed by atoms with E-state index in [1.165, 1.54) is 29.5 Å². The lowest BCUT2D eigenvalue weighted by molar-refractivity contribution is 0.601. The molecule has 0 aliphatic heterocycles. The second-order valence-electron chi connectivity index (χ2n) is 4.77. The number of anilines is 1. The molecule has 3 aromatic rings. The number of benzene rings is 2. The number of aromatic nitrogens is 1. The normalized spacial score (nSPS) is 11.3. The minimum atomic E-state index is -3.78. The molecule has 8 heteroatoms. The Labute approximate surface area is 142 Å². The summed E-state index contributed by atoms with van der Waals surface area (Å²) in [6, 6.07) is 11.0. The maximum absolute atomic E-state index is 12.4. The van der Waals surface area contributed by atoms with E-state index in [9.17, 15) is 8.42 Å². The summed E-state index contributed by atoms with van der Waals surface area (Å²) < 4.78 is 28.3. The van der Waals surface area contributed by atoms with Crippen molar-refractivity contribution < 1.29 is 8.42 Å². The summed E-state index contributed by atoms with van der Waals surface area (Å²) in [4.78, 5) is 4.33. The number of halogens is 1. The van der Waals surface area contributed by atoms with Gasteiger partial charge in [-0.25, -0.2) is 13.4 Å². The number of aryl methyl sites for hydroxylation is 1. The van der Waals surface area contributed by atoms with E-state index >= 15 is 0 Å². The van der Waals surface area contributed by atoms with Crippen molar-refractivity contribution >= 4 is 48.9 Å². The number of fused-ring (bicyclic) bond motifs is 1. The Bertz CT molecular complexity index is 1050. The molecule has 116 valence electrons. The third-order valence-corrected chi connectivity index (χ3v) is 5.74. The van der Waals surface area contributed by atoms with Crippen LogP contribution >= 0.6 is 22.9 Å². The number of nitrogens with one attached hydrogen (secondary N) is 1. The van der Waals surface area contributed by atoms with Gasteiger partial charge in [0.2, 0.25) is 0 Å². The molecule has 0 aliphatic carbocycles. The fourth-order valence-corrected chi connectivity index (χ4v) is 4.30. The van der Waals surface area contributed by atoms with E-state index in [1.807, 2.05) is 13.0 Å². The van der Waals surface area contributed by atoms with Gasteiger partial charge in [0, 0.05) is 0 Å². The van der Waals surface area contributed by atoms with Crippen molar-refractivity contribution in [3.05, 3.63) is 52.0 Å². The molecule has 23 heavy (non-hydrogen) atoms. The van der Waals surface area contributed by atoms with Gasteiger partial charge in [-0.1, -0.05) is 11.6 Å². The van der Waals surface area contributed by atoms with Gasteiger partial charge in [0.05, 0.1) is 36.4 Å². The van der Waals surface area contributed by atoms with E-state index in [-0.39, 0.29) is 15.5 Å². The van der Waals surface area contributed by atoms with Crippen molar-refractivity contribution in [2.24, 2.45) is 0 Å². The highest BCUT2D eigenvalue weighted by atomic mass is 35.5. The molecule has 0 unspecified atom stereocenters. The molecule has 0 fully saturated rings. The van der Waals surface area contributed by atoms with Crippen LogP contribution in [-0.4, -0.2) is 13.4 Å². The molecule has 0 amide bonds. The van der Waals surface area contributed by atoms with Crippen LogP contribution in [0.4, 0.5) is 5.69 Å². The molecule has 5 nitrogen and oxygen atoms in total. The third kappa shape index (κ3) is 3.15. The molecule has 1 aromatic heterocycles. The molecule has 2 aromatic carbocycles. The van der Waals surface area contributed by atoms with Crippen LogP contribution in [0.25, 0.3) is 10.2 Å². The first-order chi connectivity index (χ1) is 10.9. The number of sulfonamides is 1. The molecular formula is C15H10ClN3O2S2. The molecule has 0 radical (unpaired) electrons. The monoisotopic (exact) mass is 363 g/mol. The fourth-order valence-electron chi connectivity index (χ4n) is 2.07. The summed E-state index contributed by atoms with van der Waals surface area (Å²) in [7, 11) is -3.78. The average molecular weight is 364 g/mol. The van der Waals surface area contributed by atoms with E-state index in [0.29, 0.717) is 5.69 Å². The van der Waals surface area contributed by atoms with Crippen LogP contribution in [0.5, 0.6) is 0 Å². The first kappa shape index (κ1) is 15.7. The molecule has 3 rings (SSSR count). The fraction of sp³-hybridized carbons (Fsp3) is 0.0667. The number of thiazole rings is 1. The molecule has 1 heterocycles. The Morgan fingerprint density at radius 3 is 2.74 bits per heavy atom. The number of hydrogen-bond acceptors (Lipinski definition) is 5. The predicted octanol–water partition coefficient (Wildman–Crippen LogP) is 3.93. The van der Waals surface area contributed by atoms with Crippen LogP contribution in [0.2, 0.25) is 5.02 Å². The second-order valence-corrected chi connectivity index (χ2v) is 8.10. The molecule has 0 bridgehead atoms. The van der Waals surface area contributed by atoms with Crippen molar-refractivity contribution in [1.29, 1.82) is 5.26 Å². The summed E-state index contributed by atoms with van der Waals surface area (Å²) in [6.07, 6.45) is 0. The number of hydrogen-bond donors (Lipinski definition) is 1. The Morgan fingerprint density at radius 1 is 1.26 bits per heavy atom. The topological polar surface area (TPSA) is 82.8 Å². The first-order valence-corrected chi connectivity index (χ1v) is 9.16. The number of nitrogens with zero attached hydrogens (tertiary/aromatic N) is 2. The Morgan fingerprint density at radius 2 is 2.04 bits per heavy atom. The van der Waals surface area contributed by atoms with Gasteiger partial charge in [0.15, 0.2) is 0 Å². The van der Waals surface area contributed by atoms with Crippen LogP contribution in [0.1, 0.15) is 10.6 Å². The molecule has 1 N–H and O–H groups in total. The quantitative estimate of drug-likeness (QED) is 0.764. The zero-order valence-corrected chi connectivity index (χ0v) is 14.3. The highest BCUT2D eigenvalue weighted by Crippen LogP contribution is 2.27. The molecular weight excluding hydrogens is 354 g/mol. The van der Waals surface area contributed by atoms with Crippen LogP contribution in [0.3, 0.4) is 0 Å². The van der Waals surface area contributed by atoms with Crippen molar-refractivity contribution in [2.45, 2.75) is 11.8 Å². The lowest BCUT2D eigenvalue weighted by Crippen LogP contribution is -2.12. The van der Waals surface area contributed by atoms with Gasteiger partial charge in [-0.05, 0) is 43.3 Å². The third-order valence-electron chi connectivity index (χ3n) is 3.12. The summed E-state index contributed by atoms with van der Waals surface area (Å²) in [5.74, 6) is 0. The highest BCUT2D eigenvalue weighted by Gasteiger charge is 2.16. The first-order valence-electron chi connectivity index (χ1n) is 6.49. The Hall–Kier alpha value is -2.14. The van der Waals surface area contributed by atoms with Gasteiger partial charge < -0.3 is 0 Å². The highest BCUT2D eigenvalue weighted by molar-refractivity contribution is 7.92. The van der Waals surface area contributed by atoms with E-state index in [4.69, 9.17) is 16.9 Å². The van der Waals surface area contributed by atoms with Gasteiger partial charge in [-0.15, -0.1) is 11.3 Å². The minimum Gasteiger partial charge on any atom is -0.280 e. The molecule has 0 atom stereocenters. The Kier molecular flexibility index (Phi) is 3.98. The molecule has 0 aliphatic rings. The van der Waals surface area contributed by atoms with Crippen LogP contribution < -0.4 is 4.72 Å².